The zero-order valence-electron chi connectivity index (χ0n) is 16.0. The normalized spacial score (nSPS) is 24.9. The quantitative estimate of drug-likeness (QED) is 0.858. The van der Waals surface area contributed by atoms with Crippen LogP contribution in [0.2, 0.25) is 0 Å². The molecule has 0 aromatic heterocycles. The molecule has 2 aliphatic heterocycles. The molecule has 3 rings (SSSR count). The zero-order chi connectivity index (χ0) is 17.6. The molecular formula is C21H35N3O. The van der Waals surface area contributed by atoms with Gasteiger partial charge < -0.3 is 10.0 Å². The first kappa shape index (κ1) is 18.8. The number of likely N-dealkylation sites (tertiary alicyclic amines) is 1. The number of hydrogen-bond donors (Lipinski definition) is 1. The van der Waals surface area contributed by atoms with Crippen molar-refractivity contribution >= 4 is 0 Å². The van der Waals surface area contributed by atoms with Crippen molar-refractivity contribution in [3.05, 3.63) is 35.9 Å². The lowest BCUT2D eigenvalue weighted by Crippen LogP contribution is -2.58. The molecule has 1 atom stereocenters. The van der Waals surface area contributed by atoms with Crippen LogP contribution in [0.5, 0.6) is 0 Å². The lowest BCUT2D eigenvalue weighted by molar-refractivity contribution is -0.0000288. The van der Waals surface area contributed by atoms with Gasteiger partial charge in [-0.3, -0.25) is 9.80 Å². The summed E-state index contributed by atoms with van der Waals surface area (Å²) >= 11 is 0. The highest BCUT2D eigenvalue weighted by Crippen LogP contribution is 2.24. The summed E-state index contributed by atoms with van der Waals surface area (Å²) in [7, 11) is 0. The molecule has 25 heavy (non-hydrogen) atoms. The first-order valence-corrected chi connectivity index (χ1v) is 10.0. The van der Waals surface area contributed by atoms with E-state index in [9.17, 15) is 5.11 Å². The lowest BCUT2D eigenvalue weighted by Gasteiger charge is -2.48. The minimum atomic E-state index is 0.297. The predicted octanol–water partition coefficient (Wildman–Crippen LogP) is 2.43. The summed E-state index contributed by atoms with van der Waals surface area (Å²) in [6, 6.07) is 12.6. The molecule has 2 saturated heterocycles. The highest BCUT2D eigenvalue weighted by atomic mass is 16.3. The van der Waals surface area contributed by atoms with Gasteiger partial charge in [0.05, 0.1) is 0 Å². The summed E-state index contributed by atoms with van der Waals surface area (Å²) < 4.78 is 0. The molecule has 0 radical (unpaired) electrons. The molecule has 1 aromatic rings. The third-order valence-corrected chi connectivity index (χ3v) is 6.02. The van der Waals surface area contributed by atoms with Crippen LogP contribution in [0.25, 0.3) is 0 Å². The summed E-state index contributed by atoms with van der Waals surface area (Å²) in [6.45, 7) is 11.7. The monoisotopic (exact) mass is 345 g/mol. The first-order valence-electron chi connectivity index (χ1n) is 10.0. The summed E-state index contributed by atoms with van der Waals surface area (Å²) in [4.78, 5) is 7.88. The van der Waals surface area contributed by atoms with Crippen LogP contribution in [-0.4, -0.2) is 77.3 Å². The molecule has 0 aliphatic carbocycles. The number of aliphatic hydroxyl groups is 1. The van der Waals surface area contributed by atoms with Crippen molar-refractivity contribution in [3.63, 3.8) is 0 Å². The Balaban J connectivity index is 1.56. The van der Waals surface area contributed by atoms with E-state index in [-0.39, 0.29) is 0 Å². The second-order valence-electron chi connectivity index (χ2n) is 7.99. The van der Waals surface area contributed by atoms with Crippen LogP contribution in [-0.2, 0) is 6.54 Å². The summed E-state index contributed by atoms with van der Waals surface area (Å²) in [5.74, 6) is 0. The van der Waals surface area contributed by atoms with Crippen molar-refractivity contribution in [1.29, 1.82) is 0 Å². The van der Waals surface area contributed by atoms with Crippen LogP contribution in [0.15, 0.2) is 30.3 Å². The van der Waals surface area contributed by atoms with E-state index in [1.165, 1.54) is 31.5 Å². The number of rotatable bonds is 6. The molecule has 0 saturated carbocycles. The molecule has 1 aromatic carbocycles. The minimum absolute atomic E-state index is 0.297. The van der Waals surface area contributed by atoms with E-state index in [0.717, 1.165) is 32.6 Å². The Morgan fingerprint density at radius 2 is 1.76 bits per heavy atom. The second-order valence-corrected chi connectivity index (χ2v) is 7.99. The SMILES string of the molecule is CC(C)N1CCC(N2CCN(Cc3ccccc3)C[C@H]2CCO)CC1. The van der Waals surface area contributed by atoms with Crippen molar-refractivity contribution in [2.45, 2.75) is 57.8 Å². The number of piperazine rings is 1. The van der Waals surface area contributed by atoms with Crippen molar-refractivity contribution in [2.75, 3.05) is 39.3 Å². The number of nitrogens with zero attached hydrogens (tertiary/aromatic N) is 3. The highest BCUT2D eigenvalue weighted by molar-refractivity contribution is 5.14. The third kappa shape index (κ3) is 5.04. The van der Waals surface area contributed by atoms with Gasteiger partial charge in [-0.2, -0.15) is 0 Å². The molecule has 140 valence electrons. The van der Waals surface area contributed by atoms with Gasteiger partial charge >= 0.3 is 0 Å². The maximum absolute atomic E-state index is 9.57. The average Bonchev–Trinajstić information content (AvgIpc) is 2.63. The van der Waals surface area contributed by atoms with Crippen molar-refractivity contribution in [2.24, 2.45) is 0 Å². The zero-order valence-corrected chi connectivity index (χ0v) is 16.0. The van der Waals surface area contributed by atoms with Crippen LogP contribution in [0.4, 0.5) is 0 Å². The Kier molecular flexibility index (Phi) is 6.88. The topological polar surface area (TPSA) is 30.0 Å². The van der Waals surface area contributed by atoms with Crippen LogP contribution in [0.3, 0.4) is 0 Å². The molecule has 2 aliphatic rings. The number of piperidine rings is 1. The summed E-state index contributed by atoms with van der Waals surface area (Å²) in [6.07, 6.45) is 3.45. The van der Waals surface area contributed by atoms with Crippen molar-refractivity contribution in [1.82, 2.24) is 14.7 Å². The molecular weight excluding hydrogens is 310 g/mol. The molecule has 1 N–H and O–H groups in total. The number of hydrogen-bond acceptors (Lipinski definition) is 4. The van der Waals surface area contributed by atoms with E-state index in [4.69, 9.17) is 0 Å². The van der Waals surface area contributed by atoms with Crippen LogP contribution in [0, 0.1) is 0 Å². The van der Waals surface area contributed by atoms with E-state index in [2.05, 4.69) is 58.9 Å². The van der Waals surface area contributed by atoms with Gasteiger partial charge in [-0.05, 0) is 51.8 Å². The molecule has 4 nitrogen and oxygen atoms in total. The molecule has 2 heterocycles. The van der Waals surface area contributed by atoms with E-state index >= 15 is 0 Å². The second kappa shape index (κ2) is 9.13. The molecule has 4 heteroatoms. The van der Waals surface area contributed by atoms with Gasteiger partial charge in [0.15, 0.2) is 0 Å². The largest absolute Gasteiger partial charge is 0.396 e. The third-order valence-electron chi connectivity index (χ3n) is 6.02. The van der Waals surface area contributed by atoms with E-state index in [1.807, 2.05) is 0 Å². The maximum Gasteiger partial charge on any atom is 0.0446 e. The van der Waals surface area contributed by atoms with E-state index in [0.29, 0.717) is 24.7 Å². The molecule has 0 unspecified atom stereocenters. The van der Waals surface area contributed by atoms with E-state index < -0.39 is 0 Å². The molecule has 0 bridgehead atoms. The average molecular weight is 346 g/mol. The van der Waals surface area contributed by atoms with Crippen molar-refractivity contribution in [3.8, 4) is 0 Å². The fourth-order valence-corrected chi connectivity index (χ4v) is 4.54. The smallest absolute Gasteiger partial charge is 0.0446 e. The Morgan fingerprint density at radius 1 is 1.04 bits per heavy atom. The first-order chi connectivity index (χ1) is 12.2. The molecule has 2 fully saturated rings. The van der Waals surface area contributed by atoms with Crippen LogP contribution in [0.1, 0.15) is 38.7 Å². The Hall–Kier alpha value is -0.940. The van der Waals surface area contributed by atoms with Gasteiger partial charge in [0.1, 0.15) is 0 Å². The van der Waals surface area contributed by atoms with Gasteiger partial charge in [-0.25, -0.2) is 0 Å². The van der Waals surface area contributed by atoms with Crippen molar-refractivity contribution < 1.29 is 5.11 Å². The van der Waals surface area contributed by atoms with Gasteiger partial charge in [0, 0.05) is 50.9 Å². The van der Waals surface area contributed by atoms with Crippen LogP contribution >= 0.6 is 0 Å². The van der Waals surface area contributed by atoms with Gasteiger partial charge in [0.2, 0.25) is 0 Å². The summed E-state index contributed by atoms with van der Waals surface area (Å²) in [5, 5.41) is 9.57. The number of benzene rings is 1. The summed E-state index contributed by atoms with van der Waals surface area (Å²) in [5.41, 5.74) is 1.39. The Morgan fingerprint density at radius 3 is 2.40 bits per heavy atom. The Labute approximate surface area is 153 Å². The van der Waals surface area contributed by atoms with E-state index in [1.54, 1.807) is 0 Å². The number of aliphatic hydroxyl groups excluding tert-OH is 1. The minimum Gasteiger partial charge on any atom is -0.396 e. The standard InChI is InChI=1S/C21H35N3O/c1-18(2)23-11-8-20(9-12-23)24-14-13-22(17-21(24)10-15-25)16-19-6-4-3-5-7-19/h3-7,18,20-21,25H,8-17H2,1-2H3/t21-/m1/s1. The highest BCUT2D eigenvalue weighted by Gasteiger charge is 2.33. The maximum atomic E-state index is 9.57. The fraction of sp³-hybridized carbons (Fsp3) is 0.714. The lowest BCUT2D eigenvalue weighted by atomic mass is 9.97. The fourth-order valence-electron chi connectivity index (χ4n) is 4.54. The molecule has 0 amide bonds. The molecule has 0 spiro atoms. The Bertz CT molecular complexity index is 499. The predicted molar refractivity (Wildman–Crippen MR) is 104 cm³/mol. The van der Waals surface area contributed by atoms with Gasteiger partial charge in [-0.15, -0.1) is 0 Å². The van der Waals surface area contributed by atoms with Gasteiger partial charge in [0.25, 0.3) is 0 Å². The van der Waals surface area contributed by atoms with Gasteiger partial charge in [-0.1, -0.05) is 30.3 Å². The van der Waals surface area contributed by atoms with Crippen LogP contribution < -0.4 is 0 Å².